The molecule has 21 heavy (non-hydrogen) atoms. The Labute approximate surface area is 128 Å². The van der Waals surface area contributed by atoms with Crippen molar-refractivity contribution in [1.29, 1.82) is 0 Å². The van der Waals surface area contributed by atoms with Crippen LogP contribution in [0, 0.1) is 5.92 Å². The zero-order valence-corrected chi connectivity index (χ0v) is 12.5. The summed E-state index contributed by atoms with van der Waals surface area (Å²) in [5.74, 6) is 1.18. The van der Waals surface area contributed by atoms with Crippen molar-refractivity contribution in [3.8, 4) is 0 Å². The molecule has 0 spiro atoms. The maximum Gasteiger partial charge on any atom is 0.274 e. The Hall–Kier alpha value is -1.82. The zero-order valence-electron chi connectivity index (χ0n) is 11.6. The summed E-state index contributed by atoms with van der Waals surface area (Å²) in [6.07, 6.45) is 2.25. The van der Waals surface area contributed by atoms with Crippen LogP contribution in [0.1, 0.15) is 6.42 Å². The van der Waals surface area contributed by atoms with E-state index in [9.17, 15) is 9.59 Å². The lowest BCUT2D eigenvalue weighted by atomic mass is 10.1. The van der Waals surface area contributed by atoms with Crippen LogP contribution in [0.5, 0.6) is 0 Å². The molecule has 0 radical (unpaired) electrons. The number of aromatic nitrogens is 2. The average Bonchev–Trinajstić information content (AvgIpc) is 2.87. The van der Waals surface area contributed by atoms with E-state index in [4.69, 9.17) is 0 Å². The van der Waals surface area contributed by atoms with Gasteiger partial charge >= 0.3 is 0 Å². The standard InChI is InChI=1S/C15H17N3O2S/c19-14-7-11(10-21)9-17(14)5-6-18-15(20)13-4-2-1-3-12(13)8-16-18/h1-4,8,11,21H,5-7,9-10H2. The minimum absolute atomic E-state index is 0.106. The van der Waals surface area contributed by atoms with E-state index >= 15 is 0 Å². The molecule has 1 fully saturated rings. The number of rotatable bonds is 4. The summed E-state index contributed by atoms with van der Waals surface area (Å²) < 4.78 is 1.43. The molecule has 1 aliphatic rings. The monoisotopic (exact) mass is 303 g/mol. The highest BCUT2D eigenvalue weighted by Crippen LogP contribution is 2.18. The topological polar surface area (TPSA) is 55.2 Å². The number of carbonyl (C=O) groups excluding carboxylic acids is 1. The molecule has 1 aliphatic heterocycles. The van der Waals surface area contributed by atoms with Gasteiger partial charge in [-0.15, -0.1) is 0 Å². The van der Waals surface area contributed by atoms with Crippen LogP contribution < -0.4 is 5.56 Å². The molecule has 110 valence electrons. The fourth-order valence-electron chi connectivity index (χ4n) is 2.69. The number of nitrogens with zero attached hydrogens (tertiary/aromatic N) is 3. The van der Waals surface area contributed by atoms with Crippen LogP contribution in [0.2, 0.25) is 0 Å². The molecule has 1 aromatic heterocycles. The van der Waals surface area contributed by atoms with Gasteiger partial charge in [-0.3, -0.25) is 9.59 Å². The van der Waals surface area contributed by atoms with E-state index < -0.39 is 0 Å². The summed E-state index contributed by atoms with van der Waals surface area (Å²) in [4.78, 5) is 26.0. The summed E-state index contributed by atoms with van der Waals surface area (Å²) in [5, 5.41) is 5.68. The van der Waals surface area contributed by atoms with Gasteiger partial charge < -0.3 is 4.90 Å². The Kier molecular flexibility index (Phi) is 3.96. The van der Waals surface area contributed by atoms with Crippen molar-refractivity contribution in [3.63, 3.8) is 0 Å². The molecule has 0 aliphatic carbocycles. The summed E-state index contributed by atoms with van der Waals surface area (Å²) in [6.45, 7) is 1.67. The van der Waals surface area contributed by atoms with Crippen molar-refractivity contribution in [3.05, 3.63) is 40.8 Å². The normalized spacial score (nSPS) is 18.6. The van der Waals surface area contributed by atoms with E-state index in [0.29, 0.717) is 30.8 Å². The number of likely N-dealkylation sites (tertiary alicyclic amines) is 1. The predicted molar refractivity (Wildman–Crippen MR) is 84.5 cm³/mol. The Morgan fingerprint density at radius 2 is 2.05 bits per heavy atom. The average molecular weight is 303 g/mol. The van der Waals surface area contributed by atoms with Gasteiger partial charge in [0.25, 0.3) is 5.56 Å². The first-order valence-electron chi connectivity index (χ1n) is 7.02. The third-order valence-corrected chi connectivity index (χ3v) is 4.41. The summed E-state index contributed by atoms with van der Waals surface area (Å²) in [6, 6.07) is 7.40. The van der Waals surface area contributed by atoms with Crippen LogP contribution in [0.25, 0.3) is 10.8 Å². The molecule has 0 saturated carbocycles. The smallest absolute Gasteiger partial charge is 0.274 e. The molecule has 1 aromatic carbocycles. The fourth-order valence-corrected chi connectivity index (χ4v) is 2.94. The highest BCUT2D eigenvalue weighted by atomic mass is 32.1. The molecule has 5 nitrogen and oxygen atoms in total. The van der Waals surface area contributed by atoms with Gasteiger partial charge in [0.15, 0.2) is 0 Å². The van der Waals surface area contributed by atoms with Gasteiger partial charge in [-0.25, -0.2) is 4.68 Å². The molecule has 0 N–H and O–H groups in total. The molecular weight excluding hydrogens is 286 g/mol. The van der Waals surface area contributed by atoms with Gasteiger partial charge in [-0.2, -0.15) is 17.7 Å². The second-order valence-corrected chi connectivity index (χ2v) is 5.72. The molecule has 1 saturated heterocycles. The summed E-state index contributed by atoms with van der Waals surface area (Å²) >= 11 is 4.25. The Morgan fingerprint density at radius 3 is 2.81 bits per heavy atom. The number of benzene rings is 1. The second-order valence-electron chi connectivity index (χ2n) is 5.35. The van der Waals surface area contributed by atoms with Crippen LogP contribution in [0.15, 0.2) is 35.3 Å². The van der Waals surface area contributed by atoms with Crippen molar-refractivity contribution < 1.29 is 4.79 Å². The first-order chi connectivity index (χ1) is 10.2. The van der Waals surface area contributed by atoms with Crippen LogP contribution in [0.4, 0.5) is 0 Å². The molecule has 1 atom stereocenters. The maximum absolute atomic E-state index is 12.3. The highest BCUT2D eigenvalue weighted by Gasteiger charge is 2.28. The molecule has 6 heteroatoms. The van der Waals surface area contributed by atoms with E-state index in [1.165, 1.54) is 4.68 Å². The van der Waals surface area contributed by atoms with Gasteiger partial charge in [0.1, 0.15) is 0 Å². The SMILES string of the molecule is O=C1CC(CS)CN1CCn1ncc2ccccc2c1=O. The predicted octanol–water partition coefficient (Wildman–Crippen LogP) is 1.17. The van der Waals surface area contributed by atoms with Crippen LogP contribution in [0.3, 0.4) is 0 Å². The van der Waals surface area contributed by atoms with Crippen LogP contribution in [-0.4, -0.2) is 39.4 Å². The van der Waals surface area contributed by atoms with Crippen LogP contribution >= 0.6 is 12.6 Å². The van der Waals surface area contributed by atoms with E-state index in [1.807, 2.05) is 18.2 Å². The summed E-state index contributed by atoms with van der Waals surface area (Å²) in [5.41, 5.74) is -0.106. The first-order valence-corrected chi connectivity index (χ1v) is 7.66. The molecule has 1 unspecified atom stereocenters. The van der Waals surface area contributed by atoms with E-state index in [-0.39, 0.29) is 11.5 Å². The molecule has 2 heterocycles. The third kappa shape index (κ3) is 2.81. The summed E-state index contributed by atoms with van der Waals surface area (Å²) in [7, 11) is 0. The molecule has 2 aromatic rings. The Bertz CT molecular complexity index is 728. The number of carbonyl (C=O) groups is 1. The van der Waals surface area contributed by atoms with Crippen molar-refractivity contribution >= 4 is 29.3 Å². The van der Waals surface area contributed by atoms with E-state index in [1.54, 1.807) is 17.2 Å². The highest BCUT2D eigenvalue weighted by molar-refractivity contribution is 7.80. The van der Waals surface area contributed by atoms with Gasteiger partial charge in [-0.1, -0.05) is 18.2 Å². The number of amides is 1. The minimum Gasteiger partial charge on any atom is -0.341 e. The quantitative estimate of drug-likeness (QED) is 0.863. The van der Waals surface area contributed by atoms with Gasteiger partial charge in [0.2, 0.25) is 5.91 Å². The lowest BCUT2D eigenvalue weighted by molar-refractivity contribution is -0.127. The maximum atomic E-state index is 12.3. The van der Waals surface area contributed by atoms with Crippen molar-refractivity contribution in [2.24, 2.45) is 5.92 Å². The number of hydrogen-bond acceptors (Lipinski definition) is 4. The lowest BCUT2D eigenvalue weighted by Gasteiger charge is -2.16. The molecule has 0 bridgehead atoms. The number of thiol groups is 1. The minimum atomic E-state index is -0.106. The number of hydrogen-bond donors (Lipinski definition) is 1. The van der Waals surface area contributed by atoms with Gasteiger partial charge in [0, 0.05) is 24.9 Å². The van der Waals surface area contributed by atoms with Crippen LogP contribution in [-0.2, 0) is 11.3 Å². The Morgan fingerprint density at radius 1 is 1.24 bits per heavy atom. The fraction of sp³-hybridized carbons (Fsp3) is 0.400. The van der Waals surface area contributed by atoms with Crippen molar-refractivity contribution in [1.82, 2.24) is 14.7 Å². The van der Waals surface area contributed by atoms with E-state index in [0.717, 1.165) is 17.7 Å². The van der Waals surface area contributed by atoms with Crippen molar-refractivity contribution in [2.75, 3.05) is 18.8 Å². The Balaban J connectivity index is 1.76. The molecular formula is C15H17N3O2S. The lowest BCUT2D eigenvalue weighted by Crippen LogP contribution is -2.33. The van der Waals surface area contributed by atoms with Gasteiger partial charge in [0.05, 0.1) is 18.1 Å². The second kappa shape index (κ2) is 5.89. The third-order valence-electron chi connectivity index (χ3n) is 3.90. The molecule has 1 amide bonds. The van der Waals surface area contributed by atoms with E-state index in [2.05, 4.69) is 17.7 Å². The van der Waals surface area contributed by atoms with Gasteiger partial charge in [-0.05, 0) is 17.7 Å². The largest absolute Gasteiger partial charge is 0.341 e. The van der Waals surface area contributed by atoms with Crippen molar-refractivity contribution in [2.45, 2.75) is 13.0 Å². The first kappa shape index (κ1) is 14.1. The molecule has 3 rings (SSSR count). The number of fused-ring (bicyclic) bond motifs is 1. The zero-order chi connectivity index (χ0) is 14.8.